The van der Waals surface area contributed by atoms with Gasteiger partial charge < -0.3 is 14.2 Å². The van der Waals surface area contributed by atoms with Gasteiger partial charge in [-0.15, -0.1) is 0 Å². The first kappa shape index (κ1) is 20.4. The predicted molar refractivity (Wildman–Crippen MR) is 105 cm³/mol. The van der Waals surface area contributed by atoms with Crippen LogP contribution >= 0.6 is 0 Å². The van der Waals surface area contributed by atoms with Crippen LogP contribution in [0.2, 0.25) is 0 Å². The van der Waals surface area contributed by atoms with Crippen molar-refractivity contribution in [2.75, 3.05) is 39.5 Å². The monoisotopic (exact) mass is 357 g/mol. The summed E-state index contributed by atoms with van der Waals surface area (Å²) in [5.74, 6) is 0.896. The minimum atomic E-state index is 0.579. The van der Waals surface area contributed by atoms with Gasteiger partial charge in [-0.3, -0.25) is 4.90 Å². The van der Waals surface area contributed by atoms with Crippen LogP contribution in [-0.2, 0) is 22.6 Å². The fourth-order valence-electron chi connectivity index (χ4n) is 2.71. The highest BCUT2D eigenvalue weighted by Crippen LogP contribution is 2.14. The largest absolute Gasteiger partial charge is 0.489 e. The summed E-state index contributed by atoms with van der Waals surface area (Å²) >= 11 is 0. The van der Waals surface area contributed by atoms with Gasteiger partial charge in [0.25, 0.3) is 0 Å². The van der Waals surface area contributed by atoms with Crippen molar-refractivity contribution in [2.24, 2.45) is 0 Å². The molecule has 2 rings (SSSR count). The van der Waals surface area contributed by atoms with Crippen molar-refractivity contribution in [1.82, 2.24) is 4.90 Å². The SMILES string of the molecule is CCOCCN(CCOCC)Cc1cccc(COc2ccccc2)c1. The Morgan fingerprint density at radius 3 is 2.08 bits per heavy atom. The molecule has 4 nitrogen and oxygen atoms in total. The third-order valence-corrected chi connectivity index (χ3v) is 4.06. The molecule has 2 aromatic rings. The molecule has 0 aliphatic rings. The van der Waals surface area contributed by atoms with Crippen LogP contribution in [0.1, 0.15) is 25.0 Å². The Kier molecular flexibility index (Phi) is 9.80. The highest BCUT2D eigenvalue weighted by molar-refractivity contribution is 5.25. The minimum absolute atomic E-state index is 0.579. The molecule has 0 aliphatic carbocycles. The molecule has 0 aliphatic heterocycles. The molecule has 0 fully saturated rings. The summed E-state index contributed by atoms with van der Waals surface area (Å²) in [4.78, 5) is 2.38. The Morgan fingerprint density at radius 2 is 1.42 bits per heavy atom. The zero-order chi connectivity index (χ0) is 18.5. The maximum Gasteiger partial charge on any atom is 0.119 e. The normalized spacial score (nSPS) is 11.0. The van der Waals surface area contributed by atoms with Gasteiger partial charge in [-0.05, 0) is 37.1 Å². The molecule has 0 saturated carbocycles. The van der Waals surface area contributed by atoms with Crippen LogP contribution in [-0.4, -0.2) is 44.4 Å². The van der Waals surface area contributed by atoms with Gasteiger partial charge in [0.2, 0.25) is 0 Å². The van der Waals surface area contributed by atoms with Crippen LogP contribution in [0.4, 0.5) is 0 Å². The van der Waals surface area contributed by atoms with Crippen molar-refractivity contribution < 1.29 is 14.2 Å². The summed E-state index contributed by atoms with van der Waals surface area (Å²) in [5.41, 5.74) is 2.47. The van der Waals surface area contributed by atoms with E-state index in [2.05, 4.69) is 29.2 Å². The van der Waals surface area contributed by atoms with E-state index in [1.54, 1.807) is 0 Å². The summed E-state index contributed by atoms with van der Waals surface area (Å²) in [6.07, 6.45) is 0. The van der Waals surface area contributed by atoms with E-state index in [4.69, 9.17) is 14.2 Å². The Hall–Kier alpha value is -1.88. The van der Waals surface area contributed by atoms with Gasteiger partial charge in [-0.2, -0.15) is 0 Å². The topological polar surface area (TPSA) is 30.9 Å². The van der Waals surface area contributed by atoms with Crippen LogP contribution in [0.15, 0.2) is 54.6 Å². The van der Waals surface area contributed by atoms with Crippen molar-refractivity contribution in [3.8, 4) is 5.75 Å². The maximum atomic E-state index is 5.86. The third-order valence-electron chi connectivity index (χ3n) is 4.06. The molecule has 0 saturated heterocycles. The summed E-state index contributed by atoms with van der Waals surface area (Å²) in [6.45, 7) is 10.4. The standard InChI is InChI=1S/C22H31NO3/c1-3-24-15-13-23(14-16-25-4-2)18-20-9-8-10-21(17-20)19-26-22-11-6-5-7-12-22/h5-12,17H,3-4,13-16,18-19H2,1-2H3. The zero-order valence-electron chi connectivity index (χ0n) is 16.0. The molecule has 0 spiro atoms. The molecule has 2 aromatic carbocycles. The molecule has 0 bridgehead atoms. The lowest BCUT2D eigenvalue weighted by Gasteiger charge is -2.22. The lowest BCUT2D eigenvalue weighted by Crippen LogP contribution is -2.30. The predicted octanol–water partition coefficient (Wildman–Crippen LogP) is 4.14. The third kappa shape index (κ3) is 8.00. The Morgan fingerprint density at radius 1 is 0.769 bits per heavy atom. The summed E-state index contributed by atoms with van der Waals surface area (Å²) < 4.78 is 16.9. The van der Waals surface area contributed by atoms with E-state index in [1.165, 1.54) is 11.1 Å². The van der Waals surface area contributed by atoms with Gasteiger partial charge in [-0.1, -0.05) is 42.5 Å². The first-order valence-electron chi connectivity index (χ1n) is 9.45. The van der Waals surface area contributed by atoms with E-state index in [0.29, 0.717) is 6.61 Å². The average Bonchev–Trinajstić information content (AvgIpc) is 2.68. The molecule has 4 heteroatoms. The van der Waals surface area contributed by atoms with Crippen LogP contribution in [0.3, 0.4) is 0 Å². The lowest BCUT2D eigenvalue weighted by molar-refractivity contribution is 0.0797. The highest BCUT2D eigenvalue weighted by atomic mass is 16.5. The summed E-state index contributed by atoms with van der Waals surface area (Å²) in [6, 6.07) is 18.5. The van der Waals surface area contributed by atoms with Crippen molar-refractivity contribution in [3.05, 3.63) is 65.7 Å². The molecule has 0 radical (unpaired) electrons. The number of hydrogen-bond donors (Lipinski definition) is 0. The van der Waals surface area contributed by atoms with Crippen LogP contribution in [0.5, 0.6) is 5.75 Å². The number of para-hydroxylation sites is 1. The number of ether oxygens (including phenoxy) is 3. The second kappa shape index (κ2) is 12.5. The maximum absolute atomic E-state index is 5.86. The van der Waals surface area contributed by atoms with Crippen molar-refractivity contribution in [3.63, 3.8) is 0 Å². The summed E-state index contributed by atoms with van der Waals surface area (Å²) in [5, 5.41) is 0. The van der Waals surface area contributed by atoms with E-state index in [1.807, 2.05) is 44.2 Å². The molecule has 0 heterocycles. The molecule has 26 heavy (non-hydrogen) atoms. The Bertz CT molecular complexity index is 593. The highest BCUT2D eigenvalue weighted by Gasteiger charge is 2.07. The number of nitrogens with zero attached hydrogens (tertiary/aromatic N) is 1. The number of benzene rings is 2. The van der Waals surface area contributed by atoms with Crippen LogP contribution in [0.25, 0.3) is 0 Å². The second-order valence-corrected chi connectivity index (χ2v) is 6.09. The van der Waals surface area contributed by atoms with Gasteiger partial charge in [0, 0.05) is 32.8 Å². The minimum Gasteiger partial charge on any atom is -0.489 e. The van der Waals surface area contributed by atoms with Crippen LogP contribution < -0.4 is 4.74 Å². The first-order valence-corrected chi connectivity index (χ1v) is 9.45. The molecule has 0 aromatic heterocycles. The second-order valence-electron chi connectivity index (χ2n) is 6.09. The molecule has 0 unspecified atom stereocenters. The van der Waals surface area contributed by atoms with E-state index in [9.17, 15) is 0 Å². The Labute approximate surface area is 157 Å². The number of hydrogen-bond acceptors (Lipinski definition) is 4. The molecule has 0 N–H and O–H groups in total. The van der Waals surface area contributed by atoms with E-state index in [0.717, 1.165) is 51.8 Å². The average molecular weight is 357 g/mol. The molecular formula is C22H31NO3. The molecule has 142 valence electrons. The van der Waals surface area contributed by atoms with Gasteiger partial charge >= 0.3 is 0 Å². The van der Waals surface area contributed by atoms with Crippen molar-refractivity contribution in [1.29, 1.82) is 0 Å². The van der Waals surface area contributed by atoms with E-state index in [-0.39, 0.29) is 0 Å². The van der Waals surface area contributed by atoms with Crippen molar-refractivity contribution >= 4 is 0 Å². The Balaban J connectivity index is 1.90. The van der Waals surface area contributed by atoms with E-state index >= 15 is 0 Å². The molecule has 0 amide bonds. The zero-order valence-corrected chi connectivity index (χ0v) is 16.0. The van der Waals surface area contributed by atoms with Gasteiger partial charge in [0.15, 0.2) is 0 Å². The quantitative estimate of drug-likeness (QED) is 0.504. The van der Waals surface area contributed by atoms with E-state index < -0.39 is 0 Å². The van der Waals surface area contributed by atoms with Gasteiger partial charge in [0.1, 0.15) is 12.4 Å². The molecule has 0 atom stereocenters. The summed E-state index contributed by atoms with van der Waals surface area (Å²) in [7, 11) is 0. The lowest BCUT2D eigenvalue weighted by atomic mass is 10.1. The fraction of sp³-hybridized carbons (Fsp3) is 0.455. The molecular weight excluding hydrogens is 326 g/mol. The van der Waals surface area contributed by atoms with Gasteiger partial charge in [-0.25, -0.2) is 0 Å². The smallest absolute Gasteiger partial charge is 0.119 e. The first-order chi connectivity index (χ1) is 12.8. The van der Waals surface area contributed by atoms with Crippen molar-refractivity contribution in [2.45, 2.75) is 27.0 Å². The fourth-order valence-corrected chi connectivity index (χ4v) is 2.71. The van der Waals surface area contributed by atoms with Crippen LogP contribution in [0, 0.1) is 0 Å². The van der Waals surface area contributed by atoms with Gasteiger partial charge in [0.05, 0.1) is 13.2 Å². The number of rotatable bonds is 13.